The van der Waals surface area contributed by atoms with Crippen molar-refractivity contribution in [2.45, 2.75) is 31.6 Å². The van der Waals surface area contributed by atoms with Gasteiger partial charge in [-0.05, 0) is 44.9 Å². The largest absolute Gasteiger partial charge is 0.496 e. The molecule has 0 aliphatic carbocycles. The van der Waals surface area contributed by atoms with Gasteiger partial charge in [-0.1, -0.05) is 0 Å². The Kier molecular flexibility index (Phi) is 5.41. The summed E-state index contributed by atoms with van der Waals surface area (Å²) in [6.45, 7) is 5.25. The summed E-state index contributed by atoms with van der Waals surface area (Å²) >= 11 is 0. The van der Waals surface area contributed by atoms with Crippen LogP contribution in [-0.4, -0.2) is 44.5 Å². The molecule has 3 N–H and O–H groups in total. The van der Waals surface area contributed by atoms with E-state index >= 15 is 0 Å². The number of hydrogen-bond acceptors (Lipinski definition) is 7. The third-order valence-electron chi connectivity index (χ3n) is 4.63. The first-order chi connectivity index (χ1) is 13.2. The lowest BCUT2D eigenvalue weighted by molar-refractivity contribution is 0.0997. The van der Waals surface area contributed by atoms with E-state index in [1.165, 1.54) is 25.3 Å². The van der Waals surface area contributed by atoms with Crippen molar-refractivity contribution in [1.82, 2.24) is 9.97 Å². The maximum atomic E-state index is 12.9. The lowest BCUT2D eigenvalue weighted by Crippen LogP contribution is -2.23. The van der Waals surface area contributed by atoms with Crippen LogP contribution < -0.4 is 20.1 Å². The minimum atomic E-state index is -3.98. The Morgan fingerprint density at radius 2 is 1.79 bits per heavy atom. The highest BCUT2D eigenvalue weighted by atomic mass is 32.2. The molecular formula is C18H23N5O4S. The fraction of sp³-hybridized carbons (Fsp3) is 0.389. The fourth-order valence-electron chi connectivity index (χ4n) is 3.14. The number of aryl methyl sites for hydroxylation is 2. The van der Waals surface area contributed by atoms with Crippen molar-refractivity contribution in [3.05, 3.63) is 35.2 Å². The maximum Gasteiger partial charge on any atom is 0.262 e. The molecule has 1 aromatic carbocycles. The number of nitrogens with two attached hydrogens (primary N) is 1. The third kappa shape index (κ3) is 3.86. The van der Waals surface area contributed by atoms with Crippen molar-refractivity contribution in [3.8, 4) is 5.75 Å². The molecule has 1 aliphatic rings. The van der Waals surface area contributed by atoms with Gasteiger partial charge in [0, 0.05) is 13.1 Å². The van der Waals surface area contributed by atoms with Crippen LogP contribution in [0.2, 0.25) is 0 Å². The molecule has 150 valence electrons. The van der Waals surface area contributed by atoms with E-state index in [2.05, 4.69) is 19.6 Å². The van der Waals surface area contributed by atoms with Gasteiger partial charge < -0.3 is 15.4 Å². The third-order valence-corrected chi connectivity index (χ3v) is 5.98. The van der Waals surface area contributed by atoms with E-state index in [0.717, 1.165) is 25.9 Å². The molecule has 0 unspecified atom stereocenters. The summed E-state index contributed by atoms with van der Waals surface area (Å²) < 4.78 is 33.3. The molecule has 0 radical (unpaired) electrons. The zero-order chi connectivity index (χ0) is 20.5. The summed E-state index contributed by atoms with van der Waals surface area (Å²) in [5, 5.41) is 0. The normalized spacial score (nSPS) is 14.2. The number of primary amides is 1. The van der Waals surface area contributed by atoms with Crippen LogP contribution in [0, 0.1) is 13.8 Å². The van der Waals surface area contributed by atoms with Crippen molar-refractivity contribution < 1.29 is 17.9 Å². The van der Waals surface area contributed by atoms with Gasteiger partial charge in [-0.15, -0.1) is 0 Å². The minimum Gasteiger partial charge on any atom is -0.496 e. The number of sulfonamides is 1. The molecule has 0 bridgehead atoms. The lowest BCUT2D eigenvalue weighted by Gasteiger charge is -2.19. The second kappa shape index (κ2) is 7.63. The Morgan fingerprint density at radius 1 is 1.18 bits per heavy atom. The number of amides is 1. The van der Waals surface area contributed by atoms with Gasteiger partial charge in [-0.2, -0.15) is 0 Å². The summed E-state index contributed by atoms with van der Waals surface area (Å²) in [7, 11) is -2.60. The Hall–Kier alpha value is -2.88. The molecule has 0 spiro atoms. The molecule has 1 fully saturated rings. The van der Waals surface area contributed by atoms with E-state index in [0.29, 0.717) is 23.0 Å². The molecular weight excluding hydrogens is 382 g/mol. The highest BCUT2D eigenvalue weighted by Gasteiger charge is 2.23. The molecule has 0 saturated carbocycles. The average molecular weight is 405 g/mol. The van der Waals surface area contributed by atoms with E-state index < -0.39 is 15.9 Å². The first kappa shape index (κ1) is 19.9. The molecule has 3 rings (SSSR count). The average Bonchev–Trinajstić information content (AvgIpc) is 3.18. The number of carbonyl (C=O) groups excluding carboxylic acids is 1. The van der Waals surface area contributed by atoms with Crippen LogP contribution in [0.25, 0.3) is 0 Å². The summed E-state index contributed by atoms with van der Waals surface area (Å²) in [4.78, 5) is 22.5. The van der Waals surface area contributed by atoms with E-state index in [-0.39, 0.29) is 16.2 Å². The Labute approximate surface area is 164 Å². The Morgan fingerprint density at radius 3 is 2.32 bits per heavy atom. The van der Waals surface area contributed by atoms with Gasteiger partial charge in [0.1, 0.15) is 5.75 Å². The van der Waals surface area contributed by atoms with Gasteiger partial charge >= 0.3 is 0 Å². The van der Waals surface area contributed by atoms with Gasteiger partial charge in [0.05, 0.1) is 34.6 Å². The van der Waals surface area contributed by atoms with E-state index in [1.807, 2.05) is 0 Å². The highest BCUT2D eigenvalue weighted by molar-refractivity contribution is 7.92. The molecule has 2 heterocycles. The zero-order valence-corrected chi connectivity index (χ0v) is 16.8. The minimum absolute atomic E-state index is 0.0144. The molecule has 1 aromatic heterocycles. The molecule has 10 heteroatoms. The fourth-order valence-corrected chi connectivity index (χ4v) is 4.35. The topological polar surface area (TPSA) is 128 Å². The standard InChI is InChI=1S/C18H23N5O4S/c1-11-16(12(2)21-18(20-11)23-8-4-5-9-23)22-28(25,26)13-6-7-15(27-3)14(10-13)17(19)24/h6-7,10,22H,4-5,8-9H2,1-3H3,(H2,19,24). The van der Waals surface area contributed by atoms with Crippen molar-refractivity contribution in [1.29, 1.82) is 0 Å². The summed E-state index contributed by atoms with van der Waals surface area (Å²) in [5.74, 6) is 0.0348. The van der Waals surface area contributed by atoms with Gasteiger partial charge in [-0.3, -0.25) is 9.52 Å². The van der Waals surface area contributed by atoms with Gasteiger partial charge in [0.15, 0.2) is 0 Å². The SMILES string of the molecule is COc1ccc(S(=O)(=O)Nc2c(C)nc(N3CCCC3)nc2C)cc1C(N)=O. The first-order valence-corrected chi connectivity index (χ1v) is 10.3. The summed E-state index contributed by atoms with van der Waals surface area (Å²) in [5.41, 5.74) is 6.68. The second-order valence-corrected chi connectivity index (χ2v) is 8.28. The van der Waals surface area contributed by atoms with Crippen molar-refractivity contribution in [2.24, 2.45) is 5.73 Å². The van der Waals surface area contributed by atoms with E-state index in [9.17, 15) is 13.2 Å². The van der Waals surface area contributed by atoms with Crippen LogP contribution in [0.1, 0.15) is 34.6 Å². The van der Waals surface area contributed by atoms with Crippen LogP contribution in [0.15, 0.2) is 23.1 Å². The Balaban J connectivity index is 1.94. The quantitative estimate of drug-likeness (QED) is 0.747. The monoisotopic (exact) mass is 405 g/mol. The van der Waals surface area contributed by atoms with E-state index in [1.54, 1.807) is 13.8 Å². The van der Waals surface area contributed by atoms with E-state index in [4.69, 9.17) is 10.5 Å². The highest BCUT2D eigenvalue weighted by Crippen LogP contribution is 2.27. The number of benzene rings is 1. The number of hydrogen-bond donors (Lipinski definition) is 2. The van der Waals surface area contributed by atoms with Crippen LogP contribution >= 0.6 is 0 Å². The van der Waals surface area contributed by atoms with Crippen LogP contribution in [0.4, 0.5) is 11.6 Å². The van der Waals surface area contributed by atoms with Crippen LogP contribution in [0.3, 0.4) is 0 Å². The first-order valence-electron chi connectivity index (χ1n) is 8.84. The number of methoxy groups -OCH3 is 1. The van der Waals surface area contributed by atoms with Crippen LogP contribution in [-0.2, 0) is 10.0 Å². The van der Waals surface area contributed by atoms with Crippen molar-refractivity contribution in [3.63, 3.8) is 0 Å². The number of rotatable bonds is 6. The smallest absolute Gasteiger partial charge is 0.262 e. The predicted molar refractivity (Wildman–Crippen MR) is 105 cm³/mol. The van der Waals surface area contributed by atoms with Gasteiger partial charge in [0.25, 0.3) is 15.9 Å². The number of ether oxygens (including phenoxy) is 1. The molecule has 1 aliphatic heterocycles. The van der Waals surface area contributed by atoms with Crippen molar-refractivity contribution >= 4 is 27.6 Å². The number of nitrogens with one attached hydrogen (secondary N) is 1. The van der Waals surface area contributed by atoms with Gasteiger partial charge in [-0.25, -0.2) is 18.4 Å². The number of nitrogens with zero attached hydrogens (tertiary/aromatic N) is 3. The maximum absolute atomic E-state index is 12.9. The molecule has 1 saturated heterocycles. The number of carbonyl (C=O) groups is 1. The predicted octanol–water partition coefficient (Wildman–Crippen LogP) is 1.60. The lowest BCUT2D eigenvalue weighted by atomic mass is 10.2. The van der Waals surface area contributed by atoms with Crippen molar-refractivity contribution in [2.75, 3.05) is 29.8 Å². The van der Waals surface area contributed by atoms with Gasteiger partial charge in [0.2, 0.25) is 5.95 Å². The summed E-state index contributed by atoms with van der Waals surface area (Å²) in [6.07, 6.45) is 2.19. The number of anilines is 2. The molecule has 9 nitrogen and oxygen atoms in total. The molecule has 0 atom stereocenters. The number of aromatic nitrogens is 2. The summed E-state index contributed by atoms with van der Waals surface area (Å²) in [6, 6.07) is 3.92. The second-order valence-electron chi connectivity index (χ2n) is 6.60. The molecule has 1 amide bonds. The molecule has 2 aromatic rings. The van der Waals surface area contributed by atoms with Crippen LogP contribution in [0.5, 0.6) is 5.75 Å². The zero-order valence-electron chi connectivity index (χ0n) is 16.0. The molecule has 28 heavy (non-hydrogen) atoms. The Bertz CT molecular complexity index is 994.